The quantitative estimate of drug-likeness (QED) is 0.114. The summed E-state index contributed by atoms with van der Waals surface area (Å²) in [7, 11) is 0. The van der Waals surface area contributed by atoms with Gasteiger partial charge in [0, 0.05) is 33.6 Å². The first-order valence-electron chi connectivity index (χ1n) is 30.5. The topological polar surface area (TPSA) is 6.48 Å². The molecular weight excluding hydrogens is 1060 g/mol. The van der Waals surface area contributed by atoms with Crippen LogP contribution in [0.4, 0.5) is 34.1 Å². The van der Waals surface area contributed by atoms with Gasteiger partial charge in [0.2, 0.25) is 0 Å². The number of anilines is 6. The summed E-state index contributed by atoms with van der Waals surface area (Å²) in [5, 5.41) is 0. The molecule has 88 heavy (non-hydrogen) atoms. The van der Waals surface area contributed by atoms with Crippen molar-refractivity contribution in [2.75, 3.05) is 9.80 Å². The lowest BCUT2D eigenvalue weighted by Gasteiger charge is -2.51. The first kappa shape index (κ1) is 52.3. The van der Waals surface area contributed by atoms with E-state index in [1.54, 1.807) is 0 Å². The van der Waals surface area contributed by atoms with Crippen LogP contribution in [0.1, 0.15) is 33.4 Å². The minimum absolute atomic E-state index is 0.907. The van der Waals surface area contributed by atoms with Crippen LogP contribution in [0.5, 0.6) is 0 Å². The maximum atomic E-state index is 2.57. The Kier molecular flexibility index (Phi) is 13.0. The highest BCUT2D eigenvalue weighted by molar-refractivity contribution is 6.00. The molecule has 0 radical (unpaired) electrons. The van der Waals surface area contributed by atoms with Gasteiger partial charge in [0.15, 0.2) is 0 Å². The number of hydrogen-bond donors (Lipinski definition) is 0. The molecule has 0 N–H and O–H groups in total. The molecule has 2 aliphatic carbocycles. The molecule has 414 valence electrons. The molecule has 2 atom stereocenters. The summed E-state index contributed by atoms with van der Waals surface area (Å²) in [6, 6.07) is 135. The molecule has 0 amide bonds. The number of nitrogens with zero attached hydrogens (tertiary/aromatic N) is 2. The van der Waals surface area contributed by atoms with E-state index in [0.29, 0.717) is 0 Å². The molecule has 2 unspecified atom stereocenters. The second kappa shape index (κ2) is 21.9. The standard InChI is InChI=1S/C86H60N2/c1-7-31-61(32-8-1)69-43-21-27-51-81(69)87(82-52-28-22-44-70(82)62-33-9-2-10-34-62)67-55-57-75-73-47-19-25-49-77(73)85(79(75)59-67,65-39-15-5-16-40-65)86(66-41-17-6-18-42-66)78-50-26-20-48-74(78)76-58-56-68(60-80(76)86)88(83-53-29-23-45-71(83)63-35-11-3-12-36-63)84-54-30-24-46-72(84)64-37-13-4-14-38-64/h1-60H. The fraction of sp³-hybridized carbons (Fsp3) is 0.0233. The van der Waals surface area contributed by atoms with Crippen LogP contribution < -0.4 is 9.80 Å². The van der Waals surface area contributed by atoms with Crippen LogP contribution >= 0.6 is 0 Å². The summed E-state index contributed by atoms with van der Waals surface area (Å²) in [5.74, 6) is 0. The van der Waals surface area contributed by atoms with Crippen molar-refractivity contribution in [1.82, 2.24) is 0 Å². The molecule has 2 heteroatoms. The molecule has 0 aliphatic heterocycles. The average molecular weight is 1120 g/mol. The predicted molar refractivity (Wildman–Crippen MR) is 368 cm³/mol. The van der Waals surface area contributed by atoms with E-state index in [1.807, 2.05) is 0 Å². The second-order valence-electron chi connectivity index (χ2n) is 23.0. The highest BCUT2D eigenvalue weighted by Crippen LogP contribution is 2.70. The number of hydrogen-bond acceptors (Lipinski definition) is 2. The molecule has 0 saturated carbocycles. The van der Waals surface area contributed by atoms with Gasteiger partial charge < -0.3 is 9.80 Å². The fourth-order valence-corrected chi connectivity index (χ4v) is 15.0. The Hall–Kier alpha value is -11.3. The Bertz CT molecular complexity index is 4370. The maximum absolute atomic E-state index is 2.57. The van der Waals surface area contributed by atoms with Crippen LogP contribution in [0.15, 0.2) is 364 Å². The molecule has 14 aromatic carbocycles. The van der Waals surface area contributed by atoms with Crippen LogP contribution in [0.3, 0.4) is 0 Å². The van der Waals surface area contributed by atoms with Crippen molar-refractivity contribution in [2.45, 2.75) is 10.8 Å². The minimum atomic E-state index is -0.907. The van der Waals surface area contributed by atoms with Crippen LogP contribution in [0, 0.1) is 0 Å². The predicted octanol–water partition coefficient (Wildman–Crippen LogP) is 22.6. The average Bonchev–Trinajstić information content (AvgIpc) is 1.46. The molecule has 0 aromatic heterocycles. The molecule has 0 fully saturated rings. The first-order chi connectivity index (χ1) is 43.7. The van der Waals surface area contributed by atoms with Crippen LogP contribution in [0.25, 0.3) is 66.8 Å². The normalized spacial score (nSPS) is 15.1. The van der Waals surface area contributed by atoms with Crippen LogP contribution in [-0.4, -0.2) is 0 Å². The van der Waals surface area contributed by atoms with Gasteiger partial charge in [-0.25, -0.2) is 0 Å². The summed E-state index contributed by atoms with van der Waals surface area (Å²) in [6.45, 7) is 0. The Balaban J connectivity index is 1.04. The fourth-order valence-electron chi connectivity index (χ4n) is 15.0. The number of rotatable bonds is 13. The van der Waals surface area contributed by atoms with E-state index in [9.17, 15) is 0 Å². The van der Waals surface area contributed by atoms with Gasteiger partial charge in [0.25, 0.3) is 0 Å². The van der Waals surface area contributed by atoms with Gasteiger partial charge in [-0.1, -0.05) is 315 Å². The second-order valence-corrected chi connectivity index (χ2v) is 23.0. The van der Waals surface area contributed by atoms with E-state index in [1.165, 1.54) is 55.6 Å². The van der Waals surface area contributed by atoms with Gasteiger partial charge in [-0.3, -0.25) is 0 Å². The summed E-state index contributed by atoms with van der Waals surface area (Å²) in [5.41, 5.74) is 26.1. The largest absolute Gasteiger partial charge is 0.309 e. The summed E-state index contributed by atoms with van der Waals surface area (Å²) in [6.07, 6.45) is 0. The monoisotopic (exact) mass is 1120 g/mol. The lowest BCUT2D eigenvalue weighted by atomic mass is 9.49. The lowest BCUT2D eigenvalue weighted by molar-refractivity contribution is 0.437. The Labute approximate surface area is 515 Å². The number of benzene rings is 14. The van der Waals surface area contributed by atoms with Crippen molar-refractivity contribution in [1.29, 1.82) is 0 Å². The van der Waals surface area contributed by atoms with E-state index in [4.69, 9.17) is 0 Å². The van der Waals surface area contributed by atoms with E-state index < -0.39 is 10.8 Å². The van der Waals surface area contributed by atoms with E-state index >= 15 is 0 Å². The number of para-hydroxylation sites is 4. The van der Waals surface area contributed by atoms with Gasteiger partial charge in [0.1, 0.15) is 0 Å². The van der Waals surface area contributed by atoms with E-state index in [2.05, 4.69) is 374 Å². The third kappa shape index (κ3) is 8.25. The summed E-state index contributed by atoms with van der Waals surface area (Å²) < 4.78 is 0. The Morgan fingerprint density at radius 1 is 0.170 bits per heavy atom. The summed E-state index contributed by atoms with van der Waals surface area (Å²) in [4.78, 5) is 5.06. The summed E-state index contributed by atoms with van der Waals surface area (Å²) >= 11 is 0. The van der Waals surface area contributed by atoms with Crippen molar-refractivity contribution in [3.63, 3.8) is 0 Å². The molecule has 14 aromatic rings. The minimum Gasteiger partial charge on any atom is -0.309 e. The number of fused-ring (bicyclic) bond motifs is 6. The van der Waals surface area contributed by atoms with Crippen molar-refractivity contribution >= 4 is 34.1 Å². The zero-order valence-electron chi connectivity index (χ0n) is 48.5. The molecular formula is C86H60N2. The van der Waals surface area contributed by atoms with Gasteiger partial charge in [-0.15, -0.1) is 0 Å². The Morgan fingerprint density at radius 2 is 0.398 bits per heavy atom. The third-order valence-electron chi connectivity index (χ3n) is 18.5. The van der Waals surface area contributed by atoms with Crippen molar-refractivity contribution in [3.05, 3.63) is 397 Å². The molecule has 0 saturated heterocycles. The molecule has 2 nitrogen and oxygen atoms in total. The molecule has 16 rings (SSSR count). The molecule has 0 spiro atoms. The Morgan fingerprint density at radius 3 is 0.693 bits per heavy atom. The van der Waals surface area contributed by atoms with Crippen molar-refractivity contribution < 1.29 is 0 Å². The smallest absolute Gasteiger partial charge is 0.0642 e. The lowest BCUT2D eigenvalue weighted by Crippen LogP contribution is -2.50. The highest BCUT2D eigenvalue weighted by atomic mass is 15.2. The van der Waals surface area contributed by atoms with Gasteiger partial charge in [-0.2, -0.15) is 0 Å². The molecule has 2 aliphatic rings. The maximum Gasteiger partial charge on any atom is 0.0642 e. The third-order valence-corrected chi connectivity index (χ3v) is 18.5. The zero-order chi connectivity index (χ0) is 58.4. The highest BCUT2D eigenvalue weighted by Gasteiger charge is 2.64. The van der Waals surface area contributed by atoms with Crippen LogP contribution in [-0.2, 0) is 10.8 Å². The van der Waals surface area contributed by atoms with Crippen molar-refractivity contribution in [3.8, 4) is 66.8 Å². The van der Waals surface area contributed by atoms with Crippen molar-refractivity contribution in [2.24, 2.45) is 0 Å². The van der Waals surface area contributed by atoms with Crippen LogP contribution in [0.2, 0.25) is 0 Å². The SMILES string of the molecule is c1ccc(-c2ccccc2N(c2ccc3c(c2)C(c2ccccc2)(C2(c4ccccc4)c4ccccc4-c4ccc(N(c5ccccc5-c5ccccc5)c5ccccc5-c5ccccc5)cc42)c2ccccc2-3)c2ccccc2-c2ccccc2)cc1. The van der Waals surface area contributed by atoms with E-state index in [-0.39, 0.29) is 0 Å². The first-order valence-corrected chi connectivity index (χ1v) is 30.5. The zero-order valence-corrected chi connectivity index (χ0v) is 48.5. The van der Waals surface area contributed by atoms with Gasteiger partial charge in [-0.05, 0) is 126 Å². The van der Waals surface area contributed by atoms with E-state index in [0.717, 1.165) is 78.6 Å². The molecule has 0 bridgehead atoms. The van der Waals surface area contributed by atoms with Gasteiger partial charge in [0.05, 0.1) is 33.6 Å². The molecule has 0 heterocycles. The van der Waals surface area contributed by atoms with Gasteiger partial charge >= 0.3 is 0 Å².